The van der Waals surface area contributed by atoms with Crippen LogP contribution in [0.25, 0.3) is 0 Å². The van der Waals surface area contributed by atoms with Gasteiger partial charge in [0.05, 0.1) is 0 Å². The molecule has 1 saturated carbocycles. The third-order valence-corrected chi connectivity index (χ3v) is 3.96. The van der Waals surface area contributed by atoms with Crippen LogP contribution >= 0.6 is 0 Å². The van der Waals surface area contributed by atoms with Crippen LogP contribution < -0.4 is 5.32 Å². The topological polar surface area (TPSA) is 75.6 Å². The van der Waals surface area contributed by atoms with Gasteiger partial charge in [-0.05, 0) is 24.3 Å². The molecular formula is C16H21NO4. The van der Waals surface area contributed by atoms with E-state index < -0.39 is 17.6 Å². The molecule has 114 valence electrons. The van der Waals surface area contributed by atoms with Crippen molar-refractivity contribution in [3.63, 3.8) is 0 Å². The molecule has 2 rings (SSSR count). The minimum atomic E-state index is -1.19. The minimum absolute atomic E-state index is 0.137. The summed E-state index contributed by atoms with van der Waals surface area (Å²) in [4.78, 5) is 23.5. The second-order valence-electron chi connectivity index (χ2n) is 5.78. The SMILES string of the molecule is C[C@H]1CCC[C@](NC(=O)OCc2ccccc2)(C(=O)O)C1. The van der Waals surface area contributed by atoms with Crippen molar-refractivity contribution in [3.8, 4) is 0 Å². The predicted octanol–water partition coefficient (Wildman–Crippen LogP) is 2.95. The summed E-state index contributed by atoms with van der Waals surface area (Å²) in [5, 5.41) is 12.0. The molecule has 1 aromatic rings. The lowest BCUT2D eigenvalue weighted by atomic mass is 9.76. The third kappa shape index (κ3) is 3.97. The second kappa shape index (κ2) is 6.61. The fraction of sp³-hybridized carbons (Fsp3) is 0.500. The predicted molar refractivity (Wildman–Crippen MR) is 77.8 cm³/mol. The van der Waals surface area contributed by atoms with Gasteiger partial charge >= 0.3 is 12.1 Å². The summed E-state index contributed by atoms with van der Waals surface area (Å²) in [6, 6.07) is 9.30. The van der Waals surface area contributed by atoms with E-state index in [2.05, 4.69) is 5.32 Å². The summed E-state index contributed by atoms with van der Waals surface area (Å²) in [5.41, 5.74) is -0.320. The number of hydrogen-bond donors (Lipinski definition) is 2. The first kappa shape index (κ1) is 15.4. The molecule has 1 aromatic carbocycles. The van der Waals surface area contributed by atoms with Gasteiger partial charge in [-0.3, -0.25) is 0 Å². The van der Waals surface area contributed by atoms with Gasteiger partial charge in [0.25, 0.3) is 0 Å². The molecule has 1 aliphatic rings. The number of carboxylic acid groups (broad SMARTS) is 1. The van der Waals surface area contributed by atoms with E-state index in [1.807, 2.05) is 37.3 Å². The van der Waals surface area contributed by atoms with Gasteiger partial charge in [0, 0.05) is 0 Å². The van der Waals surface area contributed by atoms with Crippen LogP contribution in [-0.4, -0.2) is 22.7 Å². The van der Waals surface area contributed by atoms with Gasteiger partial charge in [-0.2, -0.15) is 0 Å². The van der Waals surface area contributed by atoms with Crippen molar-refractivity contribution in [1.29, 1.82) is 0 Å². The molecule has 0 aromatic heterocycles. The molecule has 0 aliphatic heterocycles. The number of amides is 1. The standard InChI is InChI=1S/C16H21NO4/c1-12-6-5-9-16(10-12,14(18)19)17-15(20)21-11-13-7-3-2-4-8-13/h2-4,7-8,12H,5-6,9-11H2,1H3,(H,17,20)(H,18,19)/t12-,16+/m0/s1. The number of carboxylic acids is 1. The Morgan fingerprint density at radius 3 is 2.71 bits per heavy atom. The lowest BCUT2D eigenvalue weighted by Crippen LogP contribution is -2.56. The summed E-state index contributed by atoms with van der Waals surface area (Å²) in [6.07, 6.45) is 2.02. The first-order chi connectivity index (χ1) is 10.0. The molecule has 2 atom stereocenters. The van der Waals surface area contributed by atoms with Crippen molar-refractivity contribution < 1.29 is 19.4 Å². The maximum atomic E-state index is 11.9. The van der Waals surface area contributed by atoms with Crippen molar-refractivity contribution in [2.75, 3.05) is 0 Å². The number of rotatable bonds is 4. The van der Waals surface area contributed by atoms with Gasteiger partial charge in [0.1, 0.15) is 12.1 Å². The summed E-state index contributed by atoms with van der Waals surface area (Å²) in [7, 11) is 0. The van der Waals surface area contributed by atoms with Crippen LogP contribution in [0.2, 0.25) is 0 Å². The number of carbonyl (C=O) groups excluding carboxylic acids is 1. The molecule has 21 heavy (non-hydrogen) atoms. The third-order valence-electron chi connectivity index (χ3n) is 3.96. The lowest BCUT2D eigenvalue weighted by Gasteiger charge is -2.36. The van der Waals surface area contributed by atoms with Crippen LogP contribution in [0.3, 0.4) is 0 Å². The first-order valence-electron chi connectivity index (χ1n) is 7.24. The summed E-state index contributed by atoms with van der Waals surface area (Å²) in [5.74, 6) is -0.699. The highest BCUT2D eigenvalue weighted by Gasteiger charge is 2.43. The monoisotopic (exact) mass is 291 g/mol. The molecule has 0 bridgehead atoms. The number of hydrogen-bond acceptors (Lipinski definition) is 3. The quantitative estimate of drug-likeness (QED) is 0.894. The summed E-state index contributed by atoms with van der Waals surface area (Å²) < 4.78 is 5.13. The summed E-state index contributed by atoms with van der Waals surface area (Å²) in [6.45, 7) is 2.14. The molecule has 5 nitrogen and oxygen atoms in total. The van der Waals surface area contributed by atoms with E-state index in [4.69, 9.17) is 4.74 Å². The molecule has 0 heterocycles. The maximum absolute atomic E-state index is 11.9. The molecule has 1 aliphatic carbocycles. The second-order valence-corrected chi connectivity index (χ2v) is 5.78. The fourth-order valence-corrected chi connectivity index (χ4v) is 2.87. The Morgan fingerprint density at radius 1 is 1.38 bits per heavy atom. The molecule has 0 unspecified atom stereocenters. The number of alkyl carbamates (subject to hydrolysis) is 1. The van der Waals surface area contributed by atoms with Crippen molar-refractivity contribution in [2.24, 2.45) is 5.92 Å². The van der Waals surface area contributed by atoms with Gasteiger partial charge in [-0.1, -0.05) is 50.1 Å². The van der Waals surface area contributed by atoms with Gasteiger partial charge in [-0.15, -0.1) is 0 Å². The zero-order chi connectivity index (χ0) is 15.3. The minimum Gasteiger partial charge on any atom is -0.480 e. The van der Waals surface area contributed by atoms with Crippen LogP contribution in [0.4, 0.5) is 4.79 Å². The van der Waals surface area contributed by atoms with Crippen molar-refractivity contribution in [2.45, 2.75) is 44.8 Å². The van der Waals surface area contributed by atoms with Crippen molar-refractivity contribution in [1.82, 2.24) is 5.32 Å². The van der Waals surface area contributed by atoms with E-state index in [1.165, 1.54) is 0 Å². The molecular weight excluding hydrogens is 270 g/mol. The van der Waals surface area contributed by atoms with E-state index in [-0.39, 0.29) is 12.5 Å². The molecule has 1 fully saturated rings. The van der Waals surface area contributed by atoms with E-state index in [1.54, 1.807) is 0 Å². The zero-order valence-electron chi connectivity index (χ0n) is 12.2. The number of carbonyl (C=O) groups is 2. The molecule has 5 heteroatoms. The number of aliphatic carboxylic acids is 1. The molecule has 1 amide bonds. The highest BCUT2D eigenvalue weighted by Crippen LogP contribution is 2.32. The fourth-order valence-electron chi connectivity index (χ4n) is 2.87. The highest BCUT2D eigenvalue weighted by atomic mass is 16.5. The lowest BCUT2D eigenvalue weighted by molar-refractivity contribution is -0.146. The van der Waals surface area contributed by atoms with Crippen LogP contribution in [0, 0.1) is 5.92 Å². The maximum Gasteiger partial charge on any atom is 0.408 e. The average molecular weight is 291 g/mol. The van der Waals surface area contributed by atoms with Gasteiger partial charge in [0.15, 0.2) is 0 Å². The van der Waals surface area contributed by atoms with E-state index >= 15 is 0 Å². The van der Waals surface area contributed by atoms with E-state index in [0.29, 0.717) is 12.8 Å². The van der Waals surface area contributed by atoms with Crippen LogP contribution in [-0.2, 0) is 16.1 Å². The Labute approximate surface area is 124 Å². The van der Waals surface area contributed by atoms with Gasteiger partial charge in [-0.25, -0.2) is 9.59 Å². The molecule has 0 radical (unpaired) electrons. The largest absolute Gasteiger partial charge is 0.480 e. The van der Waals surface area contributed by atoms with Crippen molar-refractivity contribution in [3.05, 3.63) is 35.9 Å². The van der Waals surface area contributed by atoms with Crippen LogP contribution in [0.15, 0.2) is 30.3 Å². The molecule has 2 N–H and O–H groups in total. The zero-order valence-corrected chi connectivity index (χ0v) is 12.2. The first-order valence-corrected chi connectivity index (χ1v) is 7.24. The number of nitrogens with one attached hydrogen (secondary N) is 1. The Balaban J connectivity index is 1.94. The van der Waals surface area contributed by atoms with Crippen LogP contribution in [0.5, 0.6) is 0 Å². The normalized spacial score (nSPS) is 25.1. The molecule has 0 spiro atoms. The highest BCUT2D eigenvalue weighted by molar-refractivity contribution is 5.84. The van der Waals surface area contributed by atoms with E-state index in [0.717, 1.165) is 18.4 Å². The Kier molecular flexibility index (Phi) is 4.83. The Hall–Kier alpha value is -2.04. The Morgan fingerprint density at radius 2 is 2.10 bits per heavy atom. The smallest absolute Gasteiger partial charge is 0.408 e. The molecule has 0 saturated heterocycles. The van der Waals surface area contributed by atoms with E-state index in [9.17, 15) is 14.7 Å². The van der Waals surface area contributed by atoms with Gasteiger partial charge < -0.3 is 15.2 Å². The average Bonchev–Trinajstić information content (AvgIpc) is 2.46. The number of benzene rings is 1. The van der Waals surface area contributed by atoms with Gasteiger partial charge in [0.2, 0.25) is 0 Å². The number of ether oxygens (including phenoxy) is 1. The summed E-state index contributed by atoms with van der Waals surface area (Å²) >= 11 is 0. The van der Waals surface area contributed by atoms with Crippen LogP contribution in [0.1, 0.15) is 38.2 Å². The van der Waals surface area contributed by atoms with Crippen molar-refractivity contribution >= 4 is 12.1 Å². The Bertz CT molecular complexity index is 502.